The minimum Gasteiger partial charge on any atom is -0.387 e. The molecule has 0 saturated carbocycles. The van der Waals surface area contributed by atoms with Gasteiger partial charge in [0.25, 0.3) is 0 Å². The number of benzene rings is 3. The lowest BCUT2D eigenvalue weighted by atomic mass is 9.75. The fraction of sp³-hybridized carbons (Fsp3) is 0.419. The molecule has 0 aliphatic carbocycles. The van der Waals surface area contributed by atoms with Crippen LogP contribution >= 0.6 is 0 Å². The van der Waals surface area contributed by atoms with Crippen molar-refractivity contribution in [2.75, 3.05) is 19.8 Å². The molecule has 0 radical (unpaired) electrons. The van der Waals surface area contributed by atoms with Crippen molar-refractivity contribution < 1.29 is 39.0 Å². The first-order valence-electron chi connectivity index (χ1n) is 13.2. The average Bonchev–Trinajstić information content (AvgIpc) is 3.13. The Kier molecular flexibility index (Phi) is 8.46. The van der Waals surface area contributed by atoms with Crippen molar-refractivity contribution in [3.63, 3.8) is 0 Å². The van der Waals surface area contributed by atoms with E-state index in [4.69, 9.17) is 23.7 Å². The van der Waals surface area contributed by atoms with Gasteiger partial charge in [0.15, 0.2) is 17.0 Å². The molecule has 2 bridgehead atoms. The van der Waals surface area contributed by atoms with Gasteiger partial charge in [-0.3, -0.25) is 0 Å². The number of ether oxygens (including phenoxy) is 5. The van der Waals surface area contributed by atoms with E-state index in [1.54, 1.807) is 6.92 Å². The Labute approximate surface area is 228 Å². The van der Waals surface area contributed by atoms with Gasteiger partial charge in [-0.1, -0.05) is 91.0 Å². The van der Waals surface area contributed by atoms with E-state index in [-0.39, 0.29) is 33.0 Å². The van der Waals surface area contributed by atoms with Gasteiger partial charge in [0.1, 0.15) is 18.3 Å². The molecule has 6 atom stereocenters. The van der Waals surface area contributed by atoms with Crippen molar-refractivity contribution in [3.05, 3.63) is 108 Å². The zero-order valence-corrected chi connectivity index (χ0v) is 22.0. The summed E-state index contributed by atoms with van der Waals surface area (Å²) in [6.45, 7) is 1.80. The highest BCUT2D eigenvalue weighted by molar-refractivity contribution is 5.22. The van der Waals surface area contributed by atoms with Crippen LogP contribution in [0.4, 0.5) is 0 Å². The van der Waals surface area contributed by atoms with Gasteiger partial charge >= 0.3 is 0 Å². The molecule has 5 rings (SSSR count). The first kappa shape index (κ1) is 27.9. The predicted molar refractivity (Wildman–Crippen MR) is 142 cm³/mol. The highest BCUT2D eigenvalue weighted by Crippen LogP contribution is 2.52. The van der Waals surface area contributed by atoms with Crippen molar-refractivity contribution in [1.82, 2.24) is 0 Å². The Balaban J connectivity index is 1.39. The molecule has 2 aliphatic heterocycles. The van der Waals surface area contributed by atoms with E-state index >= 15 is 0 Å². The molecular weight excluding hydrogens is 500 g/mol. The van der Waals surface area contributed by atoms with Gasteiger partial charge in [-0.15, -0.1) is 0 Å². The van der Waals surface area contributed by atoms with Crippen LogP contribution in [0.5, 0.6) is 0 Å². The highest BCUT2D eigenvalue weighted by Gasteiger charge is 2.76. The lowest BCUT2D eigenvalue weighted by molar-refractivity contribution is -0.402. The number of rotatable bonds is 12. The van der Waals surface area contributed by atoms with Crippen LogP contribution < -0.4 is 0 Å². The minimum absolute atomic E-state index is 0.0289. The predicted octanol–water partition coefficient (Wildman–Crippen LogP) is 2.97. The number of aliphatic hydroxyl groups is 3. The molecule has 2 heterocycles. The summed E-state index contributed by atoms with van der Waals surface area (Å²) in [4.78, 5) is 0. The van der Waals surface area contributed by atoms with Gasteiger partial charge in [0.2, 0.25) is 0 Å². The van der Waals surface area contributed by atoms with Crippen LogP contribution in [0.25, 0.3) is 0 Å². The summed E-state index contributed by atoms with van der Waals surface area (Å²) in [6, 6.07) is 28.8. The Morgan fingerprint density at radius 1 is 0.667 bits per heavy atom. The monoisotopic (exact) mass is 536 g/mol. The quantitative estimate of drug-likeness (QED) is 0.325. The molecule has 2 saturated heterocycles. The van der Waals surface area contributed by atoms with Crippen molar-refractivity contribution in [2.24, 2.45) is 0 Å². The van der Waals surface area contributed by atoms with Gasteiger partial charge in [0, 0.05) is 0 Å². The molecule has 3 aromatic rings. The first-order valence-corrected chi connectivity index (χ1v) is 13.2. The van der Waals surface area contributed by atoms with Gasteiger partial charge in [-0.05, 0) is 23.6 Å². The second-order valence-electron chi connectivity index (χ2n) is 10.4. The van der Waals surface area contributed by atoms with Crippen molar-refractivity contribution >= 4 is 0 Å². The van der Waals surface area contributed by atoms with Crippen LogP contribution in [-0.2, 0) is 43.5 Å². The fourth-order valence-corrected chi connectivity index (χ4v) is 5.39. The summed E-state index contributed by atoms with van der Waals surface area (Å²) in [5.41, 5.74) is -0.870. The largest absolute Gasteiger partial charge is 0.387 e. The van der Waals surface area contributed by atoms with Crippen LogP contribution in [-0.4, -0.2) is 70.4 Å². The SMILES string of the molecule is C[C@]12O[C@H](COCc3ccccc3)[C@@](O)(COCc3ccccc3)[C@](COCc3ccccc3)(O1)[C@H](O)[C@H]2O. The van der Waals surface area contributed by atoms with Crippen molar-refractivity contribution in [3.8, 4) is 0 Å². The molecule has 0 spiro atoms. The lowest BCUT2D eigenvalue weighted by Gasteiger charge is -2.53. The van der Waals surface area contributed by atoms with Crippen LogP contribution in [0.15, 0.2) is 91.0 Å². The molecule has 8 nitrogen and oxygen atoms in total. The van der Waals surface area contributed by atoms with E-state index in [9.17, 15) is 15.3 Å². The summed E-state index contributed by atoms with van der Waals surface area (Å²) >= 11 is 0. The standard InChI is InChI=1S/C31H36O8/c1-29-27(32)28(33)31(39-29,22-37-19-25-15-9-4-10-16-25)30(34,21-36-18-24-13-7-3-8-14-24)26(38-29)20-35-17-23-11-5-2-6-12-23/h2-16,26-28,32-34H,17-22H2,1H3/t26-,27-,28-,29+,30+,31-/m1/s1. The van der Waals surface area contributed by atoms with E-state index in [1.165, 1.54) is 0 Å². The van der Waals surface area contributed by atoms with Crippen molar-refractivity contribution in [1.29, 1.82) is 0 Å². The Morgan fingerprint density at radius 2 is 1.13 bits per heavy atom. The normalized spacial score (nSPS) is 31.8. The van der Waals surface area contributed by atoms with E-state index in [0.717, 1.165) is 16.7 Å². The second kappa shape index (κ2) is 11.8. The molecule has 8 heteroatoms. The maximum absolute atomic E-state index is 12.3. The fourth-order valence-electron chi connectivity index (χ4n) is 5.39. The minimum atomic E-state index is -1.93. The van der Waals surface area contributed by atoms with E-state index in [0.29, 0.717) is 6.61 Å². The maximum Gasteiger partial charge on any atom is 0.195 e. The number of fused-ring (bicyclic) bond motifs is 2. The molecule has 0 unspecified atom stereocenters. The van der Waals surface area contributed by atoms with E-state index < -0.39 is 35.3 Å². The summed E-state index contributed by atoms with van der Waals surface area (Å²) < 4.78 is 30.4. The lowest BCUT2D eigenvalue weighted by Crippen LogP contribution is -2.74. The van der Waals surface area contributed by atoms with Crippen LogP contribution in [0.1, 0.15) is 23.6 Å². The van der Waals surface area contributed by atoms with Gasteiger partial charge in [-0.2, -0.15) is 0 Å². The molecule has 208 valence electrons. The Bertz CT molecular complexity index is 1180. The molecule has 2 fully saturated rings. The van der Waals surface area contributed by atoms with Gasteiger partial charge in [-0.25, -0.2) is 0 Å². The summed E-state index contributed by atoms with van der Waals surface area (Å²) in [5.74, 6) is -1.58. The highest BCUT2D eigenvalue weighted by atomic mass is 16.8. The van der Waals surface area contributed by atoms with E-state index in [2.05, 4.69) is 0 Å². The molecular formula is C31H36O8. The summed E-state index contributed by atoms with van der Waals surface area (Å²) in [6.07, 6.45) is -3.94. The zero-order chi connectivity index (χ0) is 27.3. The first-order chi connectivity index (χ1) is 18.9. The van der Waals surface area contributed by atoms with Gasteiger partial charge < -0.3 is 39.0 Å². The van der Waals surface area contributed by atoms with E-state index in [1.807, 2.05) is 91.0 Å². The number of hydrogen-bond donors (Lipinski definition) is 3. The maximum atomic E-state index is 12.3. The Morgan fingerprint density at radius 3 is 1.64 bits per heavy atom. The Hall–Kier alpha value is -2.66. The third-order valence-electron chi connectivity index (χ3n) is 7.58. The molecule has 3 aromatic carbocycles. The second-order valence-corrected chi connectivity index (χ2v) is 10.4. The van der Waals surface area contributed by atoms with Crippen LogP contribution in [0, 0.1) is 0 Å². The molecule has 0 aromatic heterocycles. The molecule has 2 aliphatic rings. The third kappa shape index (κ3) is 5.66. The molecule has 39 heavy (non-hydrogen) atoms. The van der Waals surface area contributed by atoms with Crippen LogP contribution in [0.3, 0.4) is 0 Å². The van der Waals surface area contributed by atoms with Crippen LogP contribution in [0.2, 0.25) is 0 Å². The molecule has 3 N–H and O–H groups in total. The number of aliphatic hydroxyl groups excluding tert-OH is 2. The van der Waals surface area contributed by atoms with Gasteiger partial charge in [0.05, 0.1) is 39.6 Å². The smallest absolute Gasteiger partial charge is 0.195 e. The van der Waals surface area contributed by atoms with Crippen molar-refractivity contribution in [2.45, 2.75) is 62.0 Å². The summed E-state index contributed by atoms with van der Waals surface area (Å²) in [5, 5.41) is 34.7. The average molecular weight is 537 g/mol. The third-order valence-corrected chi connectivity index (χ3v) is 7.58. The number of hydrogen-bond acceptors (Lipinski definition) is 8. The summed E-state index contributed by atoms with van der Waals surface area (Å²) in [7, 11) is 0. The molecule has 0 amide bonds. The zero-order valence-electron chi connectivity index (χ0n) is 22.0. The topological polar surface area (TPSA) is 107 Å².